The zero-order valence-electron chi connectivity index (χ0n) is 15.1. The van der Waals surface area contributed by atoms with Crippen molar-refractivity contribution in [2.45, 2.75) is 24.8 Å². The molecule has 2 rings (SSSR count). The Labute approximate surface area is 158 Å². The van der Waals surface area contributed by atoms with Gasteiger partial charge in [0.05, 0.1) is 10.5 Å². The van der Waals surface area contributed by atoms with E-state index in [0.29, 0.717) is 5.56 Å². The topological polar surface area (TPSA) is 89.5 Å². The number of ketones is 1. The molecule has 27 heavy (non-hydrogen) atoms. The van der Waals surface area contributed by atoms with Gasteiger partial charge in [0.2, 0.25) is 15.8 Å². The first-order valence-corrected chi connectivity index (χ1v) is 9.75. The molecular weight excluding hydrogens is 366 g/mol. The van der Waals surface area contributed by atoms with Gasteiger partial charge in [-0.1, -0.05) is 35.9 Å². The number of aryl methyl sites for hydroxylation is 1. The highest BCUT2D eigenvalue weighted by molar-refractivity contribution is 7.89. The van der Waals surface area contributed by atoms with Crippen molar-refractivity contribution >= 4 is 21.8 Å². The SMILES string of the molecule is C=CCNS(=O)(=O)c1ccc(C(=O)O[C@@H](C)C(=O)c2ccc(C)cc2)cc1. The number of sulfonamides is 1. The van der Waals surface area contributed by atoms with E-state index >= 15 is 0 Å². The lowest BCUT2D eigenvalue weighted by Crippen LogP contribution is -2.25. The van der Waals surface area contributed by atoms with Gasteiger partial charge in [-0.05, 0) is 38.1 Å². The second-order valence-corrected chi connectivity index (χ2v) is 7.71. The van der Waals surface area contributed by atoms with Crippen LogP contribution in [0, 0.1) is 6.92 Å². The van der Waals surface area contributed by atoms with E-state index in [-0.39, 0.29) is 22.8 Å². The molecule has 0 aliphatic heterocycles. The predicted molar refractivity (Wildman–Crippen MR) is 102 cm³/mol. The Hall–Kier alpha value is -2.77. The molecule has 2 aromatic rings. The fourth-order valence-electron chi connectivity index (χ4n) is 2.26. The largest absolute Gasteiger partial charge is 0.451 e. The Kier molecular flexibility index (Phi) is 6.65. The standard InChI is InChI=1S/C20H21NO5S/c1-4-13-21-27(24,25)18-11-9-17(10-12-18)20(23)26-15(3)19(22)16-7-5-14(2)6-8-16/h4-12,15,21H,1,13H2,2-3H3/t15-/m0/s1. The van der Waals surface area contributed by atoms with E-state index in [1.165, 1.54) is 37.3 Å². The van der Waals surface area contributed by atoms with Crippen molar-refractivity contribution in [2.75, 3.05) is 6.54 Å². The van der Waals surface area contributed by atoms with Crippen LogP contribution in [-0.2, 0) is 14.8 Å². The normalized spacial score (nSPS) is 12.2. The summed E-state index contributed by atoms with van der Waals surface area (Å²) in [5, 5.41) is 0. The van der Waals surface area contributed by atoms with Gasteiger partial charge in [-0.3, -0.25) is 4.79 Å². The summed E-state index contributed by atoms with van der Waals surface area (Å²) in [7, 11) is -3.67. The van der Waals surface area contributed by atoms with Crippen molar-refractivity contribution in [3.05, 3.63) is 77.9 Å². The summed E-state index contributed by atoms with van der Waals surface area (Å²) in [4.78, 5) is 24.6. The second-order valence-electron chi connectivity index (χ2n) is 5.94. The molecule has 1 atom stereocenters. The Bertz CT molecular complexity index is 931. The van der Waals surface area contributed by atoms with Gasteiger partial charge in [-0.2, -0.15) is 0 Å². The monoisotopic (exact) mass is 387 g/mol. The maximum absolute atomic E-state index is 12.3. The van der Waals surface area contributed by atoms with Crippen LogP contribution in [0.25, 0.3) is 0 Å². The molecule has 142 valence electrons. The van der Waals surface area contributed by atoms with Crippen LogP contribution in [-0.4, -0.2) is 32.8 Å². The lowest BCUT2D eigenvalue weighted by molar-refractivity contribution is 0.0318. The lowest BCUT2D eigenvalue weighted by Gasteiger charge is -2.13. The Morgan fingerprint density at radius 2 is 1.63 bits per heavy atom. The number of rotatable bonds is 8. The average Bonchev–Trinajstić information content (AvgIpc) is 2.66. The van der Waals surface area contributed by atoms with Crippen LogP contribution in [0.1, 0.15) is 33.2 Å². The number of benzene rings is 2. The molecule has 2 aromatic carbocycles. The number of ether oxygens (including phenoxy) is 1. The summed E-state index contributed by atoms with van der Waals surface area (Å²) < 4.78 is 31.5. The molecule has 7 heteroatoms. The van der Waals surface area contributed by atoms with Crippen LogP contribution in [0.5, 0.6) is 0 Å². The summed E-state index contributed by atoms with van der Waals surface area (Å²) in [6.45, 7) is 6.96. The van der Waals surface area contributed by atoms with Gasteiger partial charge in [-0.25, -0.2) is 17.9 Å². The molecule has 0 aromatic heterocycles. The summed E-state index contributed by atoms with van der Waals surface area (Å²) >= 11 is 0. The zero-order valence-corrected chi connectivity index (χ0v) is 16.0. The Morgan fingerprint density at radius 1 is 1.07 bits per heavy atom. The van der Waals surface area contributed by atoms with Crippen LogP contribution in [0.15, 0.2) is 66.1 Å². The average molecular weight is 387 g/mol. The Balaban J connectivity index is 2.06. The molecule has 0 spiro atoms. The summed E-state index contributed by atoms with van der Waals surface area (Å²) in [5.74, 6) is -1.01. The van der Waals surface area contributed by atoms with Gasteiger partial charge >= 0.3 is 5.97 Å². The van der Waals surface area contributed by atoms with Crippen LogP contribution in [0.2, 0.25) is 0 Å². The fourth-order valence-corrected chi connectivity index (χ4v) is 3.26. The molecule has 0 amide bonds. The lowest BCUT2D eigenvalue weighted by atomic mass is 10.1. The third kappa shape index (κ3) is 5.35. The number of esters is 1. The van der Waals surface area contributed by atoms with E-state index in [1.807, 2.05) is 6.92 Å². The molecular formula is C20H21NO5S. The number of hydrogen-bond acceptors (Lipinski definition) is 5. The van der Waals surface area contributed by atoms with Crippen molar-refractivity contribution in [3.8, 4) is 0 Å². The first kappa shape index (κ1) is 20.5. The summed E-state index contributed by atoms with van der Waals surface area (Å²) in [6, 6.07) is 12.3. The smallest absolute Gasteiger partial charge is 0.338 e. The van der Waals surface area contributed by atoms with E-state index in [4.69, 9.17) is 4.74 Å². The molecule has 0 heterocycles. The molecule has 0 aliphatic carbocycles. The van der Waals surface area contributed by atoms with Crippen molar-refractivity contribution in [1.29, 1.82) is 0 Å². The molecule has 0 fully saturated rings. The van der Waals surface area contributed by atoms with Gasteiger partial charge in [0.25, 0.3) is 0 Å². The van der Waals surface area contributed by atoms with Crippen molar-refractivity contribution < 1.29 is 22.7 Å². The van der Waals surface area contributed by atoms with E-state index < -0.39 is 22.1 Å². The van der Waals surface area contributed by atoms with Crippen molar-refractivity contribution in [3.63, 3.8) is 0 Å². The number of carbonyl (C=O) groups is 2. The third-order valence-electron chi connectivity index (χ3n) is 3.81. The first-order valence-electron chi connectivity index (χ1n) is 8.27. The van der Waals surface area contributed by atoms with Gasteiger partial charge in [-0.15, -0.1) is 6.58 Å². The quantitative estimate of drug-likeness (QED) is 0.427. The molecule has 0 radical (unpaired) electrons. The minimum Gasteiger partial charge on any atom is -0.451 e. The summed E-state index contributed by atoms with van der Waals surface area (Å²) in [5.41, 5.74) is 1.63. The van der Waals surface area contributed by atoms with Crippen LogP contribution in [0.3, 0.4) is 0 Å². The third-order valence-corrected chi connectivity index (χ3v) is 5.25. The van der Waals surface area contributed by atoms with Crippen molar-refractivity contribution in [1.82, 2.24) is 4.72 Å². The number of Topliss-reactive ketones (excluding diaryl/α,β-unsaturated/α-hetero) is 1. The van der Waals surface area contributed by atoms with Gasteiger partial charge in [0.1, 0.15) is 0 Å². The highest BCUT2D eigenvalue weighted by atomic mass is 32.2. The number of nitrogens with one attached hydrogen (secondary N) is 1. The highest BCUT2D eigenvalue weighted by Crippen LogP contribution is 2.14. The molecule has 0 saturated heterocycles. The van der Waals surface area contributed by atoms with E-state index in [2.05, 4.69) is 11.3 Å². The zero-order chi connectivity index (χ0) is 20.0. The molecule has 0 aliphatic rings. The maximum atomic E-state index is 12.3. The minimum atomic E-state index is -3.67. The van der Waals surface area contributed by atoms with Crippen LogP contribution >= 0.6 is 0 Å². The fraction of sp³-hybridized carbons (Fsp3) is 0.200. The summed E-state index contributed by atoms with van der Waals surface area (Å²) in [6.07, 6.45) is 0.466. The molecule has 0 saturated carbocycles. The van der Waals surface area contributed by atoms with Crippen LogP contribution < -0.4 is 4.72 Å². The Morgan fingerprint density at radius 3 is 2.19 bits per heavy atom. The number of carbonyl (C=O) groups excluding carboxylic acids is 2. The second kappa shape index (κ2) is 8.75. The van der Waals surface area contributed by atoms with Gasteiger partial charge in [0.15, 0.2) is 6.10 Å². The van der Waals surface area contributed by atoms with E-state index in [9.17, 15) is 18.0 Å². The molecule has 0 bridgehead atoms. The molecule has 1 N–H and O–H groups in total. The predicted octanol–water partition coefficient (Wildman–Crippen LogP) is 2.89. The maximum Gasteiger partial charge on any atom is 0.338 e. The van der Waals surface area contributed by atoms with E-state index in [0.717, 1.165) is 5.56 Å². The minimum absolute atomic E-state index is 0.0182. The van der Waals surface area contributed by atoms with Crippen LogP contribution in [0.4, 0.5) is 0 Å². The first-order chi connectivity index (χ1) is 12.7. The number of hydrogen-bond donors (Lipinski definition) is 1. The molecule has 0 unspecified atom stereocenters. The highest BCUT2D eigenvalue weighted by Gasteiger charge is 2.21. The van der Waals surface area contributed by atoms with Gasteiger partial charge < -0.3 is 4.74 Å². The molecule has 6 nitrogen and oxygen atoms in total. The van der Waals surface area contributed by atoms with E-state index in [1.54, 1.807) is 24.3 Å². The van der Waals surface area contributed by atoms with Crippen molar-refractivity contribution in [2.24, 2.45) is 0 Å². The van der Waals surface area contributed by atoms with Gasteiger partial charge in [0, 0.05) is 12.1 Å².